The molecule has 0 aromatic heterocycles. The molecule has 8 heteroatoms. The highest BCUT2D eigenvalue weighted by atomic mass is 32.2. The van der Waals surface area contributed by atoms with Crippen LogP contribution in [-0.4, -0.2) is 58.3 Å². The summed E-state index contributed by atoms with van der Waals surface area (Å²) in [4.78, 5) is 17.8. The van der Waals surface area contributed by atoms with Crippen LogP contribution in [0.4, 0.5) is 11.4 Å². The van der Waals surface area contributed by atoms with Gasteiger partial charge in [-0.1, -0.05) is 44.2 Å². The van der Waals surface area contributed by atoms with Crippen LogP contribution in [0.25, 0.3) is 0 Å². The third kappa shape index (κ3) is 7.45. The standard InChI is InChI=1S/C27H39N3O4S/c1-5-17-35(32,33)28-23-14-15-26(29(3)4)22(18-23)19-30(20-24-13-10-16-34-24)27(31)25(6-2)21-11-8-7-9-12-21/h7-9,11-12,14-15,18,24-25,28H,5-6,10,13,16-17,19-20H2,1-4H3. The lowest BCUT2D eigenvalue weighted by atomic mass is 9.94. The molecule has 192 valence electrons. The van der Waals surface area contributed by atoms with E-state index in [-0.39, 0.29) is 23.7 Å². The minimum atomic E-state index is -3.42. The molecule has 1 aliphatic heterocycles. The summed E-state index contributed by atoms with van der Waals surface area (Å²) in [5.74, 6) is -0.112. The number of hydrogen-bond acceptors (Lipinski definition) is 5. The molecule has 7 nitrogen and oxygen atoms in total. The molecular weight excluding hydrogens is 462 g/mol. The van der Waals surface area contributed by atoms with E-state index >= 15 is 0 Å². The zero-order chi connectivity index (χ0) is 25.4. The van der Waals surface area contributed by atoms with Gasteiger partial charge in [-0.3, -0.25) is 9.52 Å². The van der Waals surface area contributed by atoms with E-state index in [1.165, 1.54) is 0 Å². The fourth-order valence-electron chi connectivity index (χ4n) is 4.64. The molecular formula is C27H39N3O4S. The van der Waals surface area contributed by atoms with Crippen LogP contribution in [0.1, 0.15) is 56.6 Å². The van der Waals surface area contributed by atoms with E-state index < -0.39 is 10.0 Å². The van der Waals surface area contributed by atoms with Gasteiger partial charge in [0.05, 0.1) is 17.8 Å². The normalized spacial score (nSPS) is 16.6. The molecule has 3 rings (SSSR count). The Balaban J connectivity index is 1.94. The molecule has 35 heavy (non-hydrogen) atoms. The minimum absolute atomic E-state index is 0.0151. The quantitative estimate of drug-likeness (QED) is 0.460. The molecule has 2 unspecified atom stereocenters. The maximum Gasteiger partial charge on any atom is 0.232 e. The Kier molecular flexibility index (Phi) is 9.57. The molecule has 0 saturated carbocycles. The van der Waals surface area contributed by atoms with Gasteiger partial charge in [-0.05, 0) is 55.0 Å². The van der Waals surface area contributed by atoms with Crippen LogP contribution in [0.15, 0.2) is 48.5 Å². The molecule has 1 fully saturated rings. The van der Waals surface area contributed by atoms with E-state index in [1.54, 1.807) is 6.07 Å². The smallest absolute Gasteiger partial charge is 0.232 e. The molecule has 2 atom stereocenters. The molecule has 1 N–H and O–H groups in total. The van der Waals surface area contributed by atoms with Crippen LogP contribution in [0.3, 0.4) is 0 Å². The van der Waals surface area contributed by atoms with Gasteiger partial charge in [0.25, 0.3) is 0 Å². The molecule has 0 aliphatic carbocycles. The fraction of sp³-hybridized carbons (Fsp3) is 0.519. The van der Waals surface area contributed by atoms with E-state index in [4.69, 9.17) is 4.74 Å². The van der Waals surface area contributed by atoms with E-state index in [2.05, 4.69) is 4.72 Å². The zero-order valence-electron chi connectivity index (χ0n) is 21.4. The molecule has 1 amide bonds. The zero-order valence-corrected chi connectivity index (χ0v) is 22.2. The van der Waals surface area contributed by atoms with Crippen molar-refractivity contribution in [2.24, 2.45) is 0 Å². The second-order valence-electron chi connectivity index (χ2n) is 9.38. The Morgan fingerprint density at radius 2 is 1.89 bits per heavy atom. The van der Waals surface area contributed by atoms with E-state index in [9.17, 15) is 13.2 Å². The third-order valence-electron chi connectivity index (χ3n) is 6.34. The number of rotatable bonds is 12. The number of carbonyl (C=O) groups excluding carboxylic acids is 1. The summed E-state index contributed by atoms with van der Waals surface area (Å²) in [6, 6.07) is 15.4. The first-order chi connectivity index (χ1) is 16.7. The van der Waals surface area contributed by atoms with E-state index in [1.807, 2.05) is 80.2 Å². The van der Waals surface area contributed by atoms with Gasteiger partial charge in [0.2, 0.25) is 15.9 Å². The number of carbonyl (C=O) groups is 1. The monoisotopic (exact) mass is 501 g/mol. The number of hydrogen-bond donors (Lipinski definition) is 1. The Morgan fingerprint density at radius 3 is 2.49 bits per heavy atom. The van der Waals surface area contributed by atoms with Crippen molar-refractivity contribution < 1.29 is 17.9 Å². The predicted octanol–water partition coefficient (Wildman–Crippen LogP) is 4.61. The van der Waals surface area contributed by atoms with Gasteiger partial charge in [-0.2, -0.15) is 0 Å². The Morgan fingerprint density at radius 1 is 1.14 bits per heavy atom. The van der Waals surface area contributed by atoms with Crippen LogP contribution >= 0.6 is 0 Å². The SMILES string of the molecule is CCCS(=O)(=O)Nc1ccc(N(C)C)c(CN(CC2CCCO2)C(=O)C(CC)c2ccccc2)c1. The van der Waals surface area contributed by atoms with Crippen LogP contribution in [0.2, 0.25) is 0 Å². The number of ether oxygens (including phenoxy) is 1. The van der Waals surface area contributed by atoms with Crippen molar-refractivity contribution in [1.29, 1.82) is 0 Å². The molecule has 1 aliphatic rings. The van der Waals surface area contributed by atoms with Gasteiger partial charge < -0.3 is 14.5 Å². The number of anilines is 2. The van der Waals surface area contributed by atoms with Crippen molar-refractivity contribution in [3.8, 4) is 0 Å². The van der Waals surface area contributed by atoms with Crippen LogP contribution < -0.4 is 9.62 Å². The highest BCUT2D eigenvalue weighted by molar-refractivity contribution is 7.92. The van der Waals surface area contributed by atoms with Gasteiger partial charge >= 0.3 is 0 Å². The minimum Gasteiger partial charge on any atom is -0.377 e. The molecule has 2 aromatic carbocycles. The average molecular weight is 502 g/mol. The Hall–Kier alpha value is -2.58. The summed E-state index contributed by atoms with van der Waals surface area (Å²) in [5, 5.41) is 0. The molecule has 1 heterocycles. The van der Waals surface area contributed by atoms with Gasteiger partial charge in [0, 0.05) is 45.2 Å². The topological polar surface area (TPSA) is 79.0 Å². The molecule has 2 aromatic rings. The van der Waals surface area contributed by atoms with Crippen molar-refractivity contribution in [3.63, 3.8) is 0 Å². The van der Waals surface area contributed by atoms with Gasteiger partial charge in [-0.25, -0.2) is 8.42 Å². The van der Waals surface area contributed by atoms with Crippen LogP contribution in [0, 0.1) is 0 Å². The summed E-state index contributed by atoms with van der Waals surface area (Å²) >= 11 is 0. The maximum atomic E-state index is 13.9. The highest BCUT2D eigenvalue weighted by Gasteiger charge is 2.29. The largest absolute Gasteiger partial charge is 0.377 e. The van der Waals surface area contributed by atoms with Crippen molar-refractivity contribution in [3.05, 3.63) is 59.7 Å². The van der Waals surface area contributed by atoms with Crippen molar-refractivity contribution >= 4 is 27.3 Å². The lowest BCUT2D eigenvalue weighted by Gasteiger charge is -2.31. The maximum absolute atomic E-state index is 13.9. The predicted molar refractivity (Wildman–Crippen MR) is 142 cm³/mol. The van der Waals surface area contributed by atoms with Crippen LogP contribution in [0.5, 0.6) is 0 Å². The van der Waals surface area contributed by atoms with Crippen molar-refractivity contribution in [1.82, 2.24) is 4.90 Å². The first-order valence-electron chi connectivity index (χ1n) is 12.5. The lowest BCUT2D eigenvalue weighted by molar-refractivity contribution is -0.135. The van der Waals surface area contributed by atoms with Crippen molar-refractivity contribution in [2.75, 3.05) is 42.6 Å². The summed E-state index contributed by atoms with van der Waals surface area (Å²) in [7, 11) is 0.483. The number of nitrogens with zero attached hydrogens (tertiary/aromatic N) is 2. The first-order valence-corrected chi connectivity index (χ1v) is 14.1. The number of benzene rings is 2. The second-order valence-corrected chi connectivity index (χ2v) is 11.2. The Bertz CT molecular complexity index is 1070. The molecule has 1 saturated heterocycles. The van der Waals surface area contributed by atoms with Crippen LogP contribution in [-0.2, 0) is 26.1 Å². The average Bonchev–Trinajstić information content (AvgIpc) is 3.32. The first kappa shape index (κ1) is 27.0. The molecule has 0 spiro atoms. The summed E-state index contributed by atoms with van der Waals surface area (Å²) in [6.07, 6.45) is 3.19. The van der Waals surface area contributed by atoms with Gasteiger partial charge in [0.15, 0.2) is 0 Å². The van der Waals surface area contributed by atoms with E-state index in [0.717, 1.165) is 36.3 Å². The number of amides is 1. The molecule has 0 bridgehead atoms. The lowest BCUT2D eigenvalue weighted by Crippen LogP contribution is -2.40. The van der Waals surface area contributed by atoms with Crippen molar-refractivity contribution in [2.45, 2.75) is 58.1 Å². The van der Waals surface area contributed by atoms with Gasteiger partial charge in [-0.15, -0.1) is 0 Å². The highest BCUT2D eigenvalue weighted by Crippen LogP contribution is 2.29. The Labute approximate surface area is 210 Å². The number of sulfonamides is 1. The second kappa shape index (κ2) is 12.4. The number of nitrogens with one attached hydrogen (secondary N) is 1. The third-order valence-corrected chi connectivity index (χ3v) is 7.83. The fourth-order valence-corrected chi connectivity index (χ4v) is 5.77. The van der Waals surface area contributed by atoms with Gasteiger partial charge in [0.1, 0.15) is 0 Å². The van der Waals surface area contributed by atoms with E-state index in [0.29, 0.717) is 31.6 Å². The summed E-state index contributed by atoms with van der Waals surface area (Å²) in [5.41, 5.74) is 3.35. The molecule has 0 radical (unpaired) electrons. The summed E-state index contributed by atoms with van der Waals surface area (Å²) in [6.45, 7) is 5.49. The summed E-state index contributed by atoms with van der Waals surface area (Å²) < 4.78 is 33.3.